The monoisotopic (exact) mass is 671 g/mol. The van der Waals surface area contributed by atoms with E-state index in [0.29, 0.717) is 11.4 Å². The molecule has 0 fully saturated rings. The van der Waals surface area contributed by atoms with E-state index in [-0.39, 0.29) is 0 Å². The van der Waals surface area contributed by atoms with Crippen LogP contribution < -0.4 is 0 Å². The Labute approximate surface area is 303 Å². The quantitative estimate of drug-likeness (QED) is 0.183. The fourth-order valence-corrected chi connectivity index (χ4v) is 7.50. The molecule has 6 aromatic carbocycles. The summed E-state index contributed by atoms with van der Waals surface area (Å²) in [6.07, 6.45) is 8.94. The van der Waals surface area contributed by atoms with Crippen molar-refractivity contribution in [2.24, 2.45) is 0 Å². The van der Waals surface area contributed by atoms with Gasteiger partial charge in [-0.15, -0.1) is 0 Å². The zero-order chi connectivity index (χ0) is 35.0. The molecule has 3 heterocycles. The van der Waals surface area contributed by atoms with Gasteiger partial charge >= 0.3 is 0 Å². The molecule has 4 nitrogen and oxygen atoms in total. The van der Waals surface area contributed by atoms with E-state index in [1.54, 1.807) is 0 Å². The maximum absolute atomic E-state index is 6.70. The molecule has 0 aliphatic heterocycles. The van der Waals surface area contributed by atoms with Gasteiger partial charge < -0.3 is 8.98 Å². The highest BCUT2D eigenvalue weighted by molar-refractivity contribution is 6.14. The van der Waals surface area contributed by atoms with Gasteiger partial charge in [-0.2, -0.15) is 0 Å². The van der Waals surface area contributed by atoms with Crippen molar-refractivity contribution in [1.82, 2.24) is 14.5 Å². The molecule has 0 atom stereocenters. The zero-order valence-electron chi connectivity index (χ0n) is 29.3. The fraction of sp³-hybridized carbons (Fsp3) is 0.0833. The van der Waals surface area contributed by atoms with Crippen LogP contribution in [0.4, 0.5) is 0 Å². The van der Waals surface area contributed by atoms with Gasteiger partial charge in [0.05, 0.1) is 16.4 Å². The van der Waals surface area contributed by atoms with Crippen molar-refractivity contribution in [3.63, 3.8) is 0 Å². The first-order valence-electron chi connectivity index (χ1n) is 18.2. The number of benzene rings is 6. The van der Waals surface area contributed by atoms with Crippen molar-refractivity contribution in [2.75, 3.05) is 0 Å². The van der Waals surface area contributed by atoms with Crippen LogP contribution in [0.2, 0.25) is 0 Å². The van der Waals surface area contributed by atoms with Crippen LogP contribution in [0.15, 0.2) is 168 Å². The van der Waals surface area contributed by atoms with Crippen LogP contribution in [0.5, 0.6) is 0 Å². The summed E-state index contributed by atoms with van der Waals surface area (Å²) in [5.74, 6) is 0.673. The van der Waals surface area contributed by atoms with E-state index in [9.17, 15) is 0 Å². The minimum absolute atomic E-state index is 0.673. The van der Waals surface area contributed by atoms with Crippen molar-refractivity contribution in [1.29, 1.82) is 0 Å². The molecule has 1 aliphatic carbocycles. The van der Waals surface area contributed by atoms with Crippen LogP contribution in [0.25, 0.3) is 88.9 Å². The summed E-state index contributed by atoms with van der Waals surface area (Å²) in [6, 6.07) is 51.2. The highest BCUT2D eigenvalue weighted by Gasteiger charge is 2.21. The normalized spacial score (nSPS) is 12.7. The molecule has 52 heavy (non-hydrogen) atoms. The lowest BCUT2D eigenvalue weighted by molar-refractivity contribution is 0.667. The van der Waals surface area contributed by atoms with E-state index in [4.69, 9.17) is 14.4 Å². The Morgan fingerprint density at radius 2 is 1.25 bits per heavy atom. The molecule has 10 rings (SSSR count). The number of fused-ring (bicyclic) bond motifs is 6. The topological polar surface area (TPSA) is 43.9 Å². The van der Waals surface area contributed by atoms with Crippen LogP contribution >= 0.6 is 0 Å². The zero-order valence-corrected chi connectivity index (χ0v) is 29.3. The van der Waals surface area contributed by atoms with Gasteiger partial charge in [0, 0.05) is 27.6 Å². The average Bonchev–Trinajstić information content (AvgIpc) is 3.78. The number of hydrogen-bond acceptors (Lipinski definition) is 3. The molecule has 0 bridgehead atoms. The minimum Gasteiger partial charge on any atom is -0.452 e. The molecular weight excluding hydrogens is 635 g/mol. The number of rotatable bonds is 5. The maximum atomic E-state index is 6.70. The lowest BCUT2D eigenvalue weighted by atomic mass is 9.97. The molecule has 0 saturated heterocycles. The van der Waals surface area contributed by atoms with Crippen molar-refractivity contribution in [2.45, 2.75) is 26.7 Å². The van der Waals surface area contributed by atoms with Gasteiger partial charge in [-0.05, 0) is 65.4 Å². The van der Waals surface area contributed by atoms with E-state index < -0.39 is 0 Å². The first-order valence-corrected chi connectivity index (χ1v) is 18.2. The minimum atomic E-state index is 0.673. The standard InChI is InChI=1S/C46H31N3O.C2H6/c1-3-13-30(14-4-1)31-25-27-32(28-26-31)43-45-44(48-46(47-43)33-15-5-2-6-16-33)42-36(21-12-24-41(42)50-45)34-17-11-18-35(29-34)49-39-22-9-7-19-37(39)38-20-8-10-23-40(38)49;1-2/h2-3,5-29H,1,4H2;1-2H3. The molecule has 0 unspecified atom stereocenters. The highest BCUT2D eigenvalue weighted by atomic mass is 16.3. The van der Waals surface area contributed by atoms with E-state index >= 15 is 0 Å². The summed E-state index contributed by atoms with van der Waals surface area (Å²) in [5.41, 5.74) is 13.1. The number of hydrogen-bond donors (Lipinski definition) is 0. The third-order valence-corrected chi connectivity index (χ3v) is 9.85. The van der Waals surface area contributed by atoms with Crippen molar-refractivity contribution in [3.05, 3.63) is 169 Å². The average molecular weight is 672 g/mol. The first-order chi connectivity index (χ1) is 25.8. The molecule has 9 aromatic rings. The Kier molecular flexibility index (Phi) is 8.05. The summed E-state index contributed by atoms with van der Waals surface area (Å²) in [6.45, 7) is 4.00. The predicted molar refractivity (Wildman–Crippen MR) is 218 cm³/mol. The SMILES string of the molecule is C1=CC(c2ccc(-c3nc(-c4ccccc4)nc4c3oc3cccc(-c5cccc(-n6c7ccccc7c7ccccc76)c5)c34)cc2)=CCC1.CC. The maximum Gasteiger partial charge on any atom is 0.180 e. The number of furan rings is 1. The van der Waals surface area contributed by atoms with Crippen LogP contribution in [0, 0.1) is 0 Å². The lowest BCUT2D eigenvalue weighted by Crippen LogP contribution is -1.95. The molecule has 0 spiro atoms. The smallest absolute Gasteiger partial charge is 0.180 e. The molecule has 0 amide bonds. The van der Waals surface area contributed by atoms with Crippen molar-refractivity contribution < 1.29 is 4.42 Å². The Hall–Kier alpha value is -6.52. The molecule has 1 aliphatic rings. The van der Waals surface area contributed by atoms with E-state index in [1.165, 1.54) is 32.9 Å². The Morgan fingerprint density at radius 3 is 1.98 bits per heavy atom. The van der Waals surface area contributed by atoms with Gasteiger partial charge in [0.2, 0.25) is 0 Å². The number of nitrogens with zero attached hydrogens (tertiary/aromatic N) is 3. The number of aromatic nitrogens is 3. The third-order valence-electron chi connectivity index (χ3n) is 9.85. The van der Waals surface area contributed by atoms with Crippen molar-refractivity contribution in [3.8, 4) is 39.5 Å². The summed E-state index contributed by atoms with van der Waals surface area (Å²) in [4.78, 5) is 10.4. The summed E-state index contributed by atoms with van der Waals surface area (Å²) >= 11 is 0. The Balaban J connectivity index is 0.00000177. The van der Waals surface area contributed by atoms with Crippen LogP contribution in [-0.4, -0.2) is 14.5 Å². The molecule has 0 N–H and O–H groups in total. The van der Waals surface area contributed by atoms with Gasteiger partial charge in [0.25, 0.3) is 0 Å². The molecule has 3 aromatic heterocycles. The van der Waals surface area contributed by atoms with E-state index in [1.807, 2.05) is 38.1 Å². The second-order valence-electron chi connectivity index (χ2n) is 12.9. The number of allylic oxidation sites excluding steroid dienone is 4. The second-order valence-corrected chi connectivity index (χ2v) is 12.9. The first kappa shape index (κ1) is 31.5. The Morgan fingerprint density at radius 1 is 0.577 bits per heavy atom. The van der Waals surface area contributed by atoms with Crippen LogP contribution in [-0.2, 0) is 0 Å². The predicted octanol–water partition coefficient (Wildman–Crippen LogP) is 13.2. The number of para-hydroxylation sites is 2. The summed E-state index contributed by atoms with van der Waals surface area (Å²) in [7, 11) is 0. The van der Waals surface area contributed by atoms with Crippen LogP contribution in [0.1, 0.15) is 32.3 Å². The summed E-state index contributed by atoms with van der Waals surface area (Å²) < 4.78 is 9.06. The lowest BCUT2D eigenvalue weighted by Gasteiger charge is -2.11. The van der Waals surface area contributed by atoms with Gasteiger partial charge in [-0.3, -0.25) is 0 Å². The molecule has 4 heteroatoms. The third kappa shape index (κ3) is 5.32. The van der Waals surface area contributed by atoms with Crippen molar-refractivity contribution >= 4 is 49.4 Å². The van der Waals surface area contributed by atoms with Gasteiger partial charge in [0.1, 0.15) is 16.8 Å². The largest absolute Gasteiger partial charge is 0.452 e. The van der Waals surface area contributed by atoms with Crippen LogP contribution in [0.3, 0.4) is 0 Å². The van der Waals surface area contributed by atoms with Gasteiger partial charge in [-0.1, -0.05) is 147 Å². The Bertz CT molecular complexity index is 2750. The molecular formula is C48H37N3O. The second kappa shape index (κ2) is 13.3. The molecule has 0 radical (unpaired) electrons. The van der Waals surface area contributed by atoms with Gasteiger partial charge in [-0.25, -0.2) is 9.97 Å². The molecule has 250 valence electrons. The molecule has 0 saturated carbocycles. The fourth-order valence-electron chi connectivity index (χ4n) is 7.50. The highest BCUT2D eigenvalue weighted by Crippen LogP contribution is 2.41. The summed E-state index contributed by atoms with van der Waals surface area (Å²) in [5, 5.41) is 3.47. The van der Waals surface area contributed by atoms with Gasteiger partial charge in [0.15, 0.2) is 11.4 Å². The van der Waals surface area contributed by atoms with E-state index in [0.717, 1.165) is 63.0 Å². The van der Waals surface area contributed by atoms with E-state index in [2.05, 4.69) is 144 Å².